The van der Waals surface area contributed by atoms with Gasteiger partial charge < -0.3 is 0 Å². The van der Waals surface area contributed by atoms with Gasteiger partial charge in [0.1, 0.15) is 0 Å². The fourth-order valence-corrected chi connectivity index (χ4v) is 1.63. The molecule has 0 aromatic heterocycles. The molecule has 0 amide bonds. The largest absolute Gasteiger partial charge is 0.389 e. The zero-order valence-electron chi connectivity index (χ0n) is 9.29. The number of rotatable bonds is 6. The summed E-state index contributed by atoms with van der Waals surface area (Å²) < 4.78 is 86.9. The normalized spacial score (nSPS) is 13.8. The maximum absolute atomic E-state index is 13.0. The quantitative estimate of drug-likeness (QED) is 0.681. The first-order valence-electron chi connectivity index (χ1n) is 4.83. The van der Waals surface area contributed by atoms with Crippen molar-refractivity contribution in [3.8, 4) is 0 Å². The van der Waals surface area contributed by atoms with Crippen LogP contribution in [0.5, 0.6) is 0 Å². The Morgan fingerprint density at radius 2 is 1.33 bits per heavy atom. The van der Waals surface area contributed by atoms with Crippen molar-refractivity contribution in [1.29, 1.82) is 0 Å². The summed E-state index contributed by atoms with van der Waals surface area (Å²) in [7, 11) is 0. The Bertz CT molecular complexity index is 287. The summed E-state index contributed by atoms with van der Waals surface area (Å²) in [6, 6.07) is 0. The van der Waals surface area contributed by atoms with Crippen molar-refractivity contribution in [2.75, 3.05) is 5.75 Å². The van der Waals surface area contributed by atoms with Crippen LogP contribution in [0.15, 0.2) is 0 Å². The Kier molecular flexibility index (Phi) is 5.96. The van der Waals surface area contributed by atoms with Crippen LogP contribution in [-0.2, 0) is 4.79 Å². The summed E-state index contributed by atoms with van der Waals surface area (Å²) in [6.07, 6.45) is -10.2. The van der Waals surface area contributed by atoms with Gasteiger partial charge in [0, 0.05) is 31.9 Å². The fraction of sp³-hybridized carbons (Fsp3) is 0.889. The molecule has 0 N–H and O–H groups in total. The lowest BCUT2D eigenvalue weighted by Crippen LogP contribution is -2.41. The number of hydrogen-bond donors (Lipinski definition) is 0. The Morgan fingerprint density at radius 3 is 1.72 bits per heavy atom. The van der Waals surface area contributed by atoms with Gasteiger partial charge in [-0.25, -0.2) is 0 Å². The molecule has 0 aromatic carbocycles. The van der Waals surface area contributed by atoms with Gasteiger partial charge in [0.25, 0.3) is 0 Å². The summed E-state index contributed by atoms with van der Waals surface area (Å²) in [5.41, 5.74) is 0. The van der Waals surface area contributed by atoms with Crippen molar-refractivity contribution in [3.63, 3.8) is 0 Å². The van der Waals surface area contributed by atoms with Gasteiger partial charge in [0.2, 0.25) is 0 Å². The summed E-state index contributed by atoms with van der Waals surface area (Å²) in [5, 5.41) is -0.524. The first kappa shape index (κ1) is 17.5. The summed E-state index contributed by atoms with van der Waals surface area (Å²) in [6.45, 7) is 1.07. The highest BCUT2D eigenvalue weighted by atomic mass is 32.2. The van der Waals surface area contributed by atoms with Crippen LogP contribution in [0.4, 0.5) is 30.7 Å². The van der Waals surface area contributed by atoms with E-state index in [1.54, 1.807) is 0 Å². The van der Waals surface area contributed by atoms with Gasteiger partial charge in [-0.05, 0) is 0 Å². The standard InChI is InChI=1S/C9H11F7OS/c1-6(17)18-5-4-8(12,13)7(10,11)2-3-9(14,15)16/h2-5H2,1H3. The van der Waals surface area contributed by atoms with E-state index in [2.05, 4.69) is 0 Å². The molecule has 0 aliphatic rings. The number of alkyl halides is 7. The van der Waals surface area contributed by atoms with Crippen LogP contribution in [0, 0.1) is 0 Å². The maximum Gasteiger partial charge on any atom is 0.389 e. The molecule has 0 rings (SSSR count). The number of carbonyl (C=O) groups is 1. The first-order valence-corrected chi connectivity index (χ1v) is 5.82. The summed E-state index contributed by atoms with van der Waals surface area (Å²) in [4.78, 5) is 10.4. The SMILES string of the molecule is CC(=O)SCCC(F)(F)C(F)(F)CCC(F)(F)F. The van der Waals surface area contributed by atoms with Crippen LogP contribution in [0.3, 0.4) is 0 Å². The molecular formula is C9H11F7OS. The number of carbonyl (C=O) groups excluding carboxylic acids is 1. The number of thioether (sulfide) groups is 1. The third-order valence-corrected chi connectivity index (χ3v) is 2.79. The molecule has 0 fully saturated rings. The minimum Gasteiger partial charge on any atom is -0.288 e. The highest BCUT2D eigenvalue weighted by Crippen LogP contribution is 2.42. The predicted octanol–water partition coefficient (Wildman–Crippen LogP) is 4.27. The zero-order valence-corrected chi connectivity index (χ0v) is 10.1. The minimum absolute atomic E-state index is 0.423. The van der Waals surface area contributed by atoms with Gasteiger partial charge in [0.15, 0.2) is 5.12 Å². The Labute approximate surface area is 103 Å². The summed E-state index contributed by atoms with van der Waals surface area (Å²) >= 11 is 0.423. The van der Waals surface area contributed by atoms with E-state index in [9.17, 15) is 35.5 Å². The van der Waals surface area contributed by atoms with E-state index >= 15 is 0 Å². The maximum atomic E-state index is 13.0. The van der Waals surface area contributed by atoms with E-state index in [0.29, 0.717) is 11.8 Å². The topological polar surface area (TPSA) is 17.1 Å². The second-order valence-corrected chi connectivity index (χ2v) is 4.89. The van der Waals surface area contributed by atoms with Gasteiger partial charge in [-0.3, -0.25) is 4.79 Å². The molecule has 0 aliphatic heterocycles. The van der Waals surface area contributed by atoms with Crippen LogP contribution in [0.1, 0.15) is 26.2 Å². The van der Waals surface area contributed by atoms with Crippen LogP contribution >= 0.6 is 11.8 Å². The van der Waals surface area contributed by atoms with Gasteiger partial charge in [-0.1, -0.05) is 11.8 Å². The molecule has 0 spiro atoms. The molecule has 18 heavy (non-hydrogen) atoms. The average Bonchev–Trinajstić information content (AvgIpc) is 2.12. The third-order valence-electron chi connectivity index (χ3n) is 1.98. The molecule has 108 valence electrons. The molecule has 0 saturated carbocycles. The van der Waals surface area contributed by atoms with E-state index in [1.165, 1.54) is 0 Å². The second-order valence-electron chi connectivity index (χ2n) is 3.61. The van der Waals surface area contributed by atoms with Crippen molar-refractivity contribution in [2.24, 2.45) is 0 Å². The van der Waals surface area contributed by atoms with Crippen molar-refractivity contribution < 1.29 is 35.5 Å². The fourth-order valence-electron chi connectivity index (χ4n) is 0.987. The van der Waals surface area contributed by atoms with Crippen LogP contribution < -0.4 is 0 Å². The van der Waals surface area contributed by atoms with Gasteiger partial charge >= 0.3 is 18.0 Å². The second kappa shape index (κ2) is 6.12. The summed E-state index contributed by atoms with van der Waals surface area (Å²) in [5.74, 6) is -9.86. The highest BCUT2D eigenvalue weighted by Gasteiger charge is 2.56. The minimum atomic E-state index is -4.91. The van der Waals surface area contributed by atoms with Crippen molar-refractivity contribution >= 4 is 16.9 Å². The van der Waals surface area contributed by atoms with Crippen LogP contribution in [0.25, 0.3) is 0 Å². The van der Waals surface area contributed by atoms with Crippen LogP contribution in [0.2, 0.25) is 0 Å². The molecule has 9 heteroatoms. The van der Waals surface area contributed by atoms with E-state index in [1.807, 2.05) is 0 Å². The number of halogens is 7. The zero-order chi connectivity index (χ0) is 14.6. The van der Waals surface area contributed by atoms with Crippen molar-refractivity contribution in [2.45, 2.75) is 44.2 Å². The third kappa shape index (κ3) is 6.46. The van der Waals surface area contributed by atoms with Crippen LogP contribution in [-0.4, -0.2) is 28.9 Å². The molecule has 0 aromatic rings. The molecule has 0 aliphatic carbocycles. The Balaban J connectivity index is 4.40. The van der Waals surface area contributed by atoms with E-state index in [-0.39, 0.29) is 0 Å². The lowest BCUT2D eigenvalue weighted by Gasteiger charge is -2.26. The lowest BCUT2D eigenvalue weighted by atomic mass is 10.0. The van der Waals surface area contributed by atoms with E-state index in [0.717, 1.165) is 6.92 Å². The van der Waals surface area contributed by atoms with Gasteiger partial charge in [0.05, 0.1) is 0 Å². The Morgan fingerprint density at radius 1 is 0.889 bits per heavy atom. The van der Waals surface area contributed by atoms with E-state index in [4.69, 9.17) is 0 Å². The van der Waals surface area contributed by atoms with Gasteiger partial charge in [-0.2, -0.15) is 30.7 Å². The monoisotopic (exact) mass is 300 g/mol. The van der Waals surface area contributed by atoms with Crippen molar-refractivity contribution in [1.82, 2.24) is 0 Å². The predicted molar refractivity (Wildman–Crippen MR) is 52.9 cm³/mol. The van der Waals surface area contributed by atoms with Gasteiger partial charge in [-0.15, -0.1) is 0 Å². The van der Waals surface area contributed by atoms with E-state index < -0.39 is 48.2 Å². The molecule has 0 saturated heterocycles. The molecule has 0 heterocycles. The highest BCUT2D eigenvalue weighted by molar-refractivity contribution is 8.13. The average molecular weight is 300 g/mol. The molecule has 1 nitrogen and oxygen atoms in total. The molecule has 0 unspecified atom stereocenters. The Hall–Kier alpha value is -0.470. The smallest absolute Gasteiger partial charge is 0.288 e. The lowest BCUT2D eigenvalue weighted by molar-refractivity contribution is -0.227. The molecule has 0 bridgehead atoms. The molecule has 0 radical (unpaired) electrons. The van der Waals surface area contributed by atoms with Crippen molar-refractivity contribution in [3.05, 3.63) is 0 Å². The molecule has 0 atom stereocenters. The number of hydrogen-bond acceptors (Lipinski definition) is 2. The molecular weight excluding hydrogens is 289 g/mol. The first-order chi connectivity index (χ1) is 7.87.